The minimum Gasteiger partial charge on any atom is -0.507 e. The van der Waals surface area contributed by atoms with Crippen LogP contribution >= 0.6 is 0 Å². The molecule has 1 N–H and O–H groups in total. The van der Waals surface area contributed by atoms with E-state index in [1.54, 1.807) is 6.07 Å². The fraction of sp³-hybridized carbons (Fsp3) is 0. The van der Waals surface area contributed by atoms with Crippen LogP contribution in [-0.2, 0) is 0 Å². The molecule has 8 aromatic carbocycles. The van der Waals surface area contributed by atoms with Crippen molar-refractivity contribution in [3.05, 3.63) is 170 Å². The van der Waals surface area contributed by atoms with Crippen molar-refractivity contribution in [3.63, 3.8) is 0 Å². The number of phenolic OH excluding ortho intramolecular Hbond substituents is 1. The van der Waals surface area contributed by atoms with Crippen LogP contribution in [0.5, 0.6) is 5.75 Å². The Hall–Kier alpha value is -7.11. The second kappa shape index (κ2) is 12.0. The summed E-state index contributed by atoms with van der Waals surface area (Å²) in [6.07, 6.45) is 0. The number of para-hydroxylation sites is 1. The second-order valence-corrected chi connectivity index (χ2v) is 13.0. The maximum atomic E-state index is 11.7. The zero-order valence-corrected chi connectivity index (χ0v) is 27.9. The van der Waals surface area contributed by atoms with Crippen LogP contribution < -0.4 is 0 Å². The fourth-order valence-electron chi connectivity index (χ4n) is 7.35. The van der Waals surface area contributed by atoms with Crippen LogP contribution in [0.2, 0.25) is 0 Å². The van der Waals surface area contributed by atoms with Gasteiger partial charge in [0, 0.05) is 33.0 Å². The van der Waals surface area contributed by atoms with Crippen molar-refractivity contribution in [1.82, 2.24) is 15.0 Å². The van der Waals surface area contributed by atoms with Crippen molar-refractivity contribution in [2.45, 2.75) is 0 Å². The third kappa shape index (κ3) is 4.98. The molecule has 0 saturated heterocycles. The van der Waals surface area contributed by atoms with Crippen molar-refractivity contribution in [2.24, 2.45) is 0 Å². The number of furan rings is 1. The summed E-state index contributed by atoms with van der Waals surface area (Å²) in [5, 5.41) is 18.2. The van der Waals surface area contributed by atoms with E-state index < -0.39 is 0 Å². The normalized spacial score (nSPS) is 11.5. The summed E-state index contributed by atoms with van der Waals surface area (Å²) in [5.74, 6) is 1.67. The molecule has 244 valence electrons. The van der Waals surface area contributed by atoms with Crippen molar-refractivity contribution >= 4 is 43.5 Å². The summed E-state index contributed by atoms with van der Waals surface area (Å²) >= 11 is 0. The first-order valence-electron chi connectivity index (χ1n) is 17.2. The Balaban J connectivity index is 1.31. The molecule has 2 aromatic heterocycles. The molecule has 0 atom stereocenters. The van der Waals surface area contributed by atoms with Gasteiger partial charge in [0.25, 0.3) is 0 Å². The predicted octanol–water partition coefficient (Wildman–Crippen LogP) is 12.1. The summed E-state index contributed by atoms with van der Waals surface area (Å²) < 4.78 is 6.33. The predicted molar refractivity (Wildman–Crippen MR) is 211 cm³/mol. The topological polar surface area (TPSA) is 72.0 Å². The molecule has 0 aliphatic heterocycles. The van der Waals surface area contributed by atoms with Crippen LogP contribution in [0.4, 0.5) is 0 Å². The molecule has 5 nitrogen and oxygen atoms in total. The number of hydrogen-bond donors (Lipinski definition) is 1. The van der Waals surface area contributed by atoms with E-state index in [0.717, 1.165) is 71.3 Å². The number of rotatable bonds is 5. The molecular weight excluding hydrogens is 639 g/mol. The molecule has 0 aliphatic carbocycles. The Bertz CT molecular complexity index is 2890. The van der Waals surface area contributed by atoms with Crippen molar-refractivity contribution < 1.29 is 9.52 Å². The van der Waals surface area contributed by atoms with Crippen LogP contribution in [0.3, 0.4) is 0 Å². The molecule has 52 heavy (non-hydrogen) atoms. The molecule has 0 unspecified atom stereocenters. The monoisotopic (exact) mass is 667 g/mol. The number of nitrogens with zero attached hydrogens (tertiary/aromatic N) is 3. The van der Waals surface area contributed by atoms with Crippen LogP contribution in [0, 0.1) is 0 Å². The molecule has 0 bridgehead atoms. The van der Waals surface area contributed by atoms with E-state index in [4.69, 9.17) is 19.4 Å². The number of aromatic nitrogens is 3. The fourth-order valence-corrected chi connectivity index (χ4v) is 7.35. The molecule has 0 radical (unpaired) electrons. The van der Waals surface area contributed by atoms with Gasteiger partial charge in [0.05, 0.1) is 0 Å². The smallest absolute Gasteiger partial charge is 0.165 e. The maximum absolute atomic E-state index is 11.7. The minimum atomic E-state index is 0.133. The zero-order valence-electron chi connectivity index (χ0n) is 27.9. The maximum Gasteiger partial charge on any atom is 0.165 e. The van der Waals surface area contributed by atoms with Crippen molar-refractivity contribution in [2.75, 3.05) is 0 Å². The number of aromatic hydroxyl groups is 1. The van der Waals surface area contributed by atoms with Gasteiger partial charge in [-0.25, -0.2) is 15.0 Å². The summed E-state index contributed by atoms with van der Waals surface area (Å²) in [7, 11) is 0. The van der Waals surface area contributed by atoms with Crippen LogP contribution in [0.1, 0.15) is 0 Å². The average molecular weight is 668 g/mol. The zero-order chi connectivity index (χ0) is 34.6. The Kier molecular flexibility index (Phi) is 6.89. The van der Waals surface area contributed by atoms with Gasteiger partial charge in [-0.1, -0.05) is 133 Å². The average Bonchev–Trinajstić information content (AvgIpc) is 3.60. The Labute approximate surface area is 299 Å². The van der Waals surface area contributed by atoms with Crippen LogP contribution in [-0.4, -0.2) is 20.1 Å². The van der Waals surface area contributed by atoms with Gasteiger partial charge in [0.2, 0.25) is 0 Å². The molecule has 10 aromatic rings. The highest BCUT2D eigenvalue weighted by Crippen LogP contribution is 2.47. The lowest BCUT2D eigenvalue weighted by Gasteiger charge is -2.18. The molecule has 0 spiro atoms. The Morgan fingerprint density at radius 3 is 1.65 bits per heavy atom. The van der Waals surface area contributed by atoms with E-state index in [-0.39, 0.29) is 5.75 Å². The third-order valence-electron chi connectivity index (χ3n) is 9.81. The molecule has 0 amide bonds. The number of benzene rings is 8. The first-order valence-corrected chi connectivity index (χ1v) is 17.2. The highest BCUT2D eigenvalue weighted by atomic mass is 16.3. The van der Waals surface area contributed by atoms with Gasteiger partial charge in [0.15, 0.2) is 17.5 Å². The van der Waals surface area contributed by atoms with Gasteiger partial charge >= 0.3 is 0 Å². The van der Waals surface area contributed by atoms with Crippen LogP contribution in [0.25, 0.3) is 99.9 Å². The van der Waals surface area contributed by atoms with Gasteiger partial charge in [0.1, 0.15) is 16.9 Å². The summed E-state index contributed by atoms with van der Waals surface area (Å²) in [4.78, 5) is 15.6. The molecular formula is C47H29N3O2. The van der Waals surface area contributed by atoms with E-state index in [1.165, 1.54) is 0 Å². The lowest BCUT2D eigenvalue weighted by molar-refractivity contribution is 0.477. The highest BCUT2D eigenvalue weighted by molar-refractivity contribution is 6.14. The van der Waals surface area contributed by atoms with Gasteiger partial charge < -0.3 is 9.52 Å². The van der Waals surface area contributed by atoms with Crippen LogP contribution in [0.15, 0.2) is 174 Å². The molecule has 0 saturated carbocycles. The van der Waals surface area contributed by atoms with Gasteiger partial charge in [-0.05, 0) is 74.6 Å². The quantitative estimate of drug-likeness (QED) is 0.198. The summed E-state index contributed by atoms with van der Waals surface area (Å²) in [6, 6.07) is 57.0. The van der Waals surface area contributed by atoms with E-state index in [0.29, 0.717) is 28.6 Å². The number of fused-ring (bicyclic) bond motifs is 5. The minimum absolute atomic E-state index is 0.133. The number of phenols is 1. The first-order chi connectivity index (χ1) is 25.7. The molecule has 2 heterocycles. The van der Waals surface area contributed by atoms with E-state index in [9.17, 15) is 5.11 Å². The van der Waals surface area contributed by atoms with Gasteiger partial charge in [-0.15, -0.1) is 0 Å². The van der Waals surface area contributed by atoms with E-state index in [1.807, 2.05) is 91.0 Å². The van der Waals surface area contributed by atoms with E-state index >= 15 is 0 Å². The molecule has 5 heteroatoms. The van der Waals surface area contributed by atoms with E-state index in [2.05, 4.69) is 72.8 Å². The Morgan fingerprint density at radius 2 is 0.962 bits per heavy atom. The van der Waals surface area contributed by atoms with Gasteiger partial charge in [-0.2, -0.15) is 0 Å². The summed E-state index contributed by atoms with van der Waals surface area (Å²) in [5.41, 5.74) is 7.35. The Morgan fingerprint density at radius 1 is 0.385 bits per heavy atom. The second-order valence-electron chi connectivity index (χ2n) is 13.0. The molecule has 0 aliphatic rings. The van der Waals surface area contributed by atoms with Gasteiger partial charge in [-0.3, -0.25) is 0 Å². The highest BCUT2D eigenvalue weighted by Gasteiger charge is 2.24. The largest absolute Gasteiger partial charge is 0.507 e. The molecule has 10 rings (SSSR count). The lowest BCUT2D eigenvalue weighted by Crippen LogP contribution is -2.03. The van der Waals surface area contributed by atoms with Crippen molar-refractivity contribution in [3.8, 4) is 62.2 Å². The molecule has 0 fully saturated rings. The van der Waals surface area contributed by atoms with Crippen molar-refractivity contribution in [1.29, 1.82) is 0 Å². The third-order valence-corrected chi connectivity index (χ3v) is 9.81. The standard InChI is InChI=1S/C47H29N3O2/c51-39-26-25-37(36-18-10-20-41-43(36)38-17-8-9-19-40(38)52-41)44(42(39)31-13-2-1-3-14-31)47-49-45(34-23-21-29-11-4-6-15-32(29)27-34)48-46(50-47)35-24-22-30-12-5-7-16-33(30)28-35/h1-28,51H. The SMILES string of the molecule is Oc1ccc(-c2cccc3oc4ccccc4c23)c(-c2nc(-c3ccc4ccccc4c3)nc(-c3ccc4ccccc4c3)n2)c1-c1ccccc1. The first kappa shape index (κ1) is 29.8. The summed E-state index contributed by atoms with van der Waals surface area (Å²) in [6.45, 7) is 0. The number of hydrogen-bond acceptors (Lipinski definition) is 5. The lowest BCUT2D eigenvalue weighted by atomic mass is 9.88.